The molecule has 12 nitrogen and oxygen atoms in total. The minimum atomic E-state index is -1.00. The van der Waals surface area contributed by atoms with Gasteiger partial charge in [-0.05, 0) is 26.3 Å². The molecule has 0 spiro atoms. The maximum atomic E-state index is 11.8. The molecule has 2 heterocycles. The summed E-state index contributed by atoms with van der Waals surface area (Å²) in [7, 11) is 0.417. The molecule has 0 radical (unpaired) electrons. The van der Waals surface area contributed by atoms with Crippen molar-refractivity contribution in [1.82, 2.24) is 20.3 Å². The number of amides is 1. The average molecular weight is 492 g/mol. The number of ether oxygens (including phenoxy) is 1. The second kappa shape index (κ2) is 13.4. The van der Waals surface area contributed by atoms with Crippen LogP contribution in [0.4, 0.5) is 4.79 Å². The van der Waals surface area contributed by atoms with E-state index in [-0.39, 0.29) is 25.7 Å². The molecule has 35 heavy (non-hydrogen) atoms. The number of hydrogen-bond donors (Lipinski definition) is 6. The van der Waals surface area contributed by atoms with Gasteiger partial charge in [0.25, 0.3) is 0 Å². The minimum absolute atomic E-state index is 0.0629. The zero-order valence-electron chi connectivity index (χ0n) is 20.2. The Morgan fingerprint density at radius 2 is 1.40 bits per heavy atom. The highest BCUT2D eigenvalue weighted by Gasteiger charge is 2.41. The third kappa shape index (κ3) is 8.51. The van der Waals surface area contributed by atoms with Crippen molar-refractivity contribution < 1.29 is 39.4 Å². The molecule has 2 fully saturated rings. The molecule has 2 saturated heterocycles. The monoisotopic (exact) mass is 492 g/mol. The Morgan fingerprint density at radius 3 is 1.83 bits per heavy atom. The molecule has 0 aliphatic carbocycles. The van der Waals surface area contributed by atoms with Gasteiger partial charge in [0, 0.05) is 32.2 Å². The largest absolute Gasteiger partial charge is 0.481 e. The Bertz CT molecular complexity index is 848. The minimum Gasteiger partial charge on any atom is -0.481 e. The van der Waals surface area contributed by atoms with Crippen molar-refractivity contribution in [2.75, 3.05) is 33.2 Å². The maximum Gasteiger partial charge on any atom is 0.407 e. The fourth-order valence-corrected chi connectivity index (χ4v) is 4.13. The van der Waals surface area contributed by atoms with E-state index >= 15 is 0 Å². The molecule has 0 saturated carbocycles. The van der Waals surface area contributed by atoms with E-state index in [0.29, 0.717) is 13.1 Å². The van der Waals surface area contributed by atoms with Crippen LogP contribution in [-0.2, 0) is 20.9 Å². The molecule has 1 aromatic carbocycles. The smallest absolute Gasteiger partial charge is 0.407 e. The number of benzene rings is 1. The van der Waals surface area contributed by atoms with Gasteiger partial charge in [-0.3, -0.25) is 9.59 Å². The first-order valence-electron chi connectivity index (χ1n) is 11.5. The Morgan fingerprint density at radius 1 is 0.914 bits per heavy atom. The van der Waals surface area contributed by atoms with Gasteiger partial charge in [-0.15, -0.1) is 0 Å². The summed E-state index contributed by atoms with van der Waals surface area (Å²) in [6, 6.07) is 8.56. The number of hydrogen-bond acceptors (Lipinski definition) is 9. The second-order valence-corrected chi connectivity index (χ2v) is 8.77. The van der Waals surface area contributed by atoms with Gasteiger partial charge in [0.05, 0.1) is 17.9 Å². The van der Waals surface area contributed by atoms with Crippen LogP contribution in [0.25, 0.3) is 0 Å². The number of nitrogens with zero attached hydrogens (tertiary/aromatic N) is 2. The first-order chi connectivity index (χ1) is 16.5. The van der Waals surface area contributed by atoms with Crippen molar-refractivity contribution in [1.29, 1.82) is 0 Å². The van der Waals surface area contributed by atoms with Crippen LogP contribution >= 0.6 is 0 Å². The van der Waals surface area contributed by atoms with Crippen molar-refractivity contribution >= 4 is 32.1 Å². The summed E-state index contributed by atoms with van der Waals surface area (Å²) < 4.78 is 5.09. The average Bonchev–Trinajstić information content (AvgIpc) is 3.44. The highest BCUT2D eigenvalue weighted by Crippen LogP contribution is 2.19. The van der Waals surface area contributed by atoms with Crippen LogP contribution in [0.5, 0.6) is 0 Å². The molecule has 192 valence electrons. The molecule has 3 rings (SSSR count). The quantitative estimate of drug-likeness (QED) is 0.249. The highest BCUT2D eigenvalue weighted by molar-refractivity contribution is 6.45. The molecule has 2 aliphatic heterocycles. The van der Waals surface area contributed by atoms with Gasteiger partial charge < -0.3 is 45.3 Å². The van der Waals surface area contributed by atoms with Gasteiger partial charge in [-0.25, -0.2) is 4.79 Å². The van der Waals surface area contributed by atoms with Crippen LogP contribution in [0, 0.1) is 11.8 Å². The molecule has 1 amide bonds. The topological polar surface area (TPSA) is 172 Å². The molecular formula is C21H34B2N4O8. The molecule has 14 heteroatoms. The van der Waals surface area contributed by atoms with E-state index in [1.54, 1.807) is 30.3 Å². The zero-order valence-corrected chi connectivity index (χ0v) is 20.2. The summed E-state index contributed by atoms with van der Waals surface area (Å²) in [6.07, 6.45) is -0.660. The molecule has 6 N–H and O–H groups in total. The molecule has 0 bridgehead atoms. The van der Waals surface area contributed by atoms with Crippen molar-refractivity contribution in [3.05, 3.63) is 35.9 Å². The fourth-order valence-electron chi connectivity index (χ4n) is 4.13. The van der Waals surface area contributed by atoms with Crippen LogP contribution in [0.2, 0.25) is 13.6 Å². The van der Waals surface area contributed by atoms with E-state index in [1.165, 1.54) is 0 Å². The predicted molar refractivity (Wildman–Crippen MR) is 129 cm³/mol. The van der Waals surface area contributed by atoms with E-state index in [2.05, 4.69) is 10.6 Å². The van der Waals surface area contributed by atoms with Gasteiger partial charge in [-0.1, -0.05) is 30.3 Å². The lowest BCUT2D eigenvalue weighted by molar-refractivity contribution is -0.142. The van der Waals surface area contributed by atoms with Gasteiger partial charge in [-0.2, -0.15) is 0 Å². The first kappa shape index (κ1) is 28.6. The van der Waals surface area contributed by atoms with E-state index < -0.39 is 50.0 Å². The number of aliphatic carboxylic acids is 2. The van der Waals surface area contributed by atoms with Gasteiger partial charge >= 0.3 is 32.1 Å². The fraction of sp³-hybridized carbons (Fsp3) is 0.571. The molecule has 0 aromatic heterocycles. The molecule has 0 unspecified atom stereocenters. The summed E-state index contributed by atoms with van der Waals surface area (Å²) in [5, 5.41) is 42.4. The zero-order chi connectivity index (χ0) is 26.1. The van der Waals surface area contributed by atoms with Crippen LogP contribution in [0.3, 0.4) is 0 Å². The summed E-state index contributed by atoms with van der Waals surface area (Å²) >= 11 is 0. The summed E-state index contributed by atoms with van der Waals surface area (Å²) in [5.74, 6) is -2.99. The summed E-state index contributed by atoms with van der Waals surface area (Å²) in [6.45, 7) is 4.80. The number of carboxylic acids is 2. The van der Waals surface area contributed by atoms with E-state index in [1.807, 2.05) is 30.3 Å². The van der Waals surface area contributed by atoms with Crippen molar-refractivity contribution in [3.63, 3.8) is 0 Å². The maximum absolute atomic E-state index is 11.8. The first-order valence-corrected chi connectivity index (χ1v) is 11.5. The normalized spacial score (nSPS) is 24.3. The molecule has 4 atom stereocenters. The number of carboxylic acid groups (broad SMARTS) is 2. The van der Waals surface area contributed by atoms with Crippen LogP contribution < -0.4 is 10.6 Å². The third-order valence-corrected chi connectivity index (χ3v) is 6.27. The predicted octanol–water partition coefficient (Wildman–Crippen LogP) is -0.891. The second-order valence-electron chi connectivity index (χ2n) is 8.77. The van der Waals surface area contributed by atoms with Gasteiger partial charge in [0.2, 0.25) is 0 Å². The Kier molecular flexibility index (Phi) is 11.0. The number of alkyl carbamates (subject to hydrolysis) is 1. The number of carbonyl (C=O) groups excluding carboxylic acids is 1. The van der Waals surface area contributed by atoms with Crippen LogP contribution in [0.1, 0.15) is 5.56 Å². The lowest BCUT2D eigenvalue weighted by Crippen LogP contribution is -2.43. The van der Waals surface area contributed by atoms with Crippen molar-refractivity contribution in [3.8, 4) is 0 Å². The van der Waals surface area contributed by atoms with E-state index in [4.69, 9.17) is 9.84 Å². The SMILES string of the molecule is CB(O)N1C[C@@H](NC(=O)OCc2ccccc2)[C@H](C(=O)O)C1.CN[C@@H]1CN(B(C)O)C[C@H]1C(=O)O. The van der Waals surface area contributed by atoms with Crippen LogP contribution in [0.15, 0.2) is 30.3 Å². The lowest BCUT2D eigenvalue weighted by atomic mass is 9.86. The molecule has 1 aromatic rings. The third-order valence-electron chi connectivity index (χ3n) is 6.27. The molecular weight excluding hydrogens is 458 g/mol. The summed E-state index contributed by atoms with van der Waals surface area (Å²) in [5.41, 5.74) is 0.851. The highest BCUT2D eigenvalue weighted by atomic mass is 16.5. The van der Waals surface area contributed by atoms with E-state index in [9.17, 15) is 29.5 Å². The lowest BCUT2D eigenvalue weighted by Gasteiger charge is -2.17. The standard InChI is InChI=1S/C14H19BN2O5.C7H15BN2O3/c1-15(21)17-7-11(13(18)19)12(8-17)16-14(20)22-9-10-5-3-2-4-6-10;1-8(13)10-3-5(7(11)12)6(4-10)9-2/h2-6,11-12,21H,7-9H2,1H3,(H,16,20)(H,18,19);5-6,9,13H,3-4H2,1-2H3,(H,11,12)/t11-,12-;5-,6-/m11/s1. The van der Waals surface area contributed by atoms with Crippen LogP contribution in [-0.4, -0.2) is 107 Å². The number of carbonyl (C=O) groups is 3. The van der Waals surface area contributed by atoms with Gasteiger partial charge in [0.15, 0.2) is 0 Å². The number of rotatable bonds is 8. The van der Waals surface area contributed by atoms with Crippen molar-refractivity contribution in [2.45, 2.75) is 32.3 Å². The Balaban J connectivity index is 0.000000283. The van der Waals surface area contributed by atoms with E-state index in [0.717, 1.165) is 5.56 Å². The Labute approximate surface area is 205 Å². The Hall–Kier alpha value is -2.64. The van der Waals surface area contributed by atoms with Gasteiger partial charge in [0.1, 0.15) is 6.61 Å². The summed E-state index contributed by atoms with van der Waals surface area (Å²) in [4.78, 5) is 37.2. The number of nitrogens with one attached hydrogen (secondary N) is 2. The molecule has 2 aliphatic rings. The van der Waals surface area contributed by atoms with Crippen molar-refractivity contribution in [2.24, 2.45) is 11.8 Å². The number of likely N-dealkylation sites (N-methyl/N-ethyl adjacent to an activating group) is 1.